The lowest BCUT2D eigenvalue weighted by Crippen LogP contribution is -2.20. The predicted molar refractivity (Wildman–Crippen MR) is 218 cm³/mol. The zero-order valence-corrected chi connectivity index (χ0v) is 34.3. The third-order valence-electron chi connectivity index (χ3n) is 9.95. The molecule has 6 heteroatoms. The molecule has 0 aromatic rings. The Balaban J connectivity index is 4.25. The van der Waals surface area contributed by atoms with Crippen molar-refractivity contribution in [1.29, 1.82) is 0 Å². The van der Waals surface area contributed by atoms with Crippen molar-refractivity contribution in [3.8, 4) is 0 Å². The molecule has 0 saturated carbocycles. The molecule has 1 unspecified atom stereocenters. The van der Waals surface area contributed by atoms with Crippen LogP contribution in [0.1, 0.15) is 227 Å². The number of aliphatic hydroxyl groups is 1. The van der Waals surface area contributed by atoms with Crippen LogP contribution in [0, 0.1) is 0 Å². The van der Waals surface area contributed by atoms with Gasteiger partial charge in [-0.15, -0.1) is 0 Å². The normalized spacial score (nSPS) is 12.3. The monoisotopic (exact) mass is 720 g/mol. The van der Waals surface area contributed by atoms with Crippen molar-refractivity contribution in [2.75, 3.05) is 13.1 Å². The summed E-state index contributed by atoms with van der Waals surface area (Å²) in [5.41, 5.74) is 0. The van der Waals surface area contributed by atoms with Gasteiger partial charge in [0.2, 0.25) is 0 Å². The summed E-state index contributed by atoms with van der Waals surface area (Å²) in [4.78, 5) is 27.3. The Labute approximate surface area is 317 Å². The third kappa shape index (κ3) is 34.9. The first-order chi connectivity index (χ1) is 25.0. The highest BCUT2D eigenvalue weighted by molar-refractivity contribution is 5.70. The molecule has 0 rings (SSSR count). The van der Waals surface area contributed by atoms with Crippen LogP contribution in [0.5, 0.6) is 0 Å². The smallest absolute Gasteiger partial charge is 0.306 e. The molecule has 6 nitrogen and oxygen atoms in total. The maximum Gasteiger partial charge on any atom is 0.306 e. The molecular formula is C45H85NO5. The minimum absolute atomic E-state index is 0.0484. The third-order valence-corrected chi connectivity index (χ3v) is 9.95. The second-order valence-corrected chi connectivity index (χ2v) is 15.0. The highest BCUT2D eigenvalue weighted by Crippen LogP contribution is 2.19. The Morgan fingerprint density at radius 3 is 1.43 bits per heavy atom. The summed E-state index contributed by atoms with van der Waals surface area (Å²) in [6.45, 7) is 10.6. The quantitative estimate of drug-likeness (QED) is 0.0295. The van der Waals surface area contributed by atoms with Crippen molar-refractivity contribution in [3.05, 3.63) is 24.6 Å². The Kier molecular flexibility index (Phi) is 37.7. The predicted octanol–water partition coefficient (Wildman–Crippen LogP) is 13.9. The number of hydrogen-bond acceptors (Lipinski definition) is 6. The fourth-order valence-corrected chi connectivity index (χ4v) is 6.76. The summed E-state index contributed by atoms with van der Waals surface area (Å²) >= 11 is 0. The number of hydrogen-bond donors (Lipinski definition) is 1. The molecule has 0 fully saturated rings. The fraction of sp³-hybridized carbons (Fsp3) is 0.867. The first-order valence-corrected chi connectivity index (χ1v) is 22.1. The van der Waals surface area contributed by atoms with Gasteiger partial charge in [-0.1, -0.05) is 149 Å². The van der Waals surface area contributed by atoms with E-state index in [2.05, 4.69) is 44.7 Å². The Hall–Kier alpha value is -1.98. The van der Waals surface area contributed by atoms with E-state index in [9.17, 15) is 14.7 Å². The van der Waals surface area contributed by atoms with Gasteiger partial charge in [0.15, 0.2) is 0 Å². The van der Waals surface area contributed by atoms with Gasteiger partial charge in [-0.2, -0.15) is 0 Å². The molecule has 51 heavy (non-hydrogen) atoms. The Bertz CT molecular complexity index is 796. The number of carbonyl (C=O) groups is 2. The Morgan fingerprint density at radius 2 is 0.922 bits per heavy atom. The molecule has 0 aliphatic carbocycles. The summed E-state index contributed by atoms with van der Waals surface area (Å²) in [6.07, 6.45) is 41.5. The molecule has 0 saturated heterocycles. The summed E-state index contributed by atoms with van der Waals surface area (Å²) in [7, 11) is 0. The van der Waals surface area contributed by atoms with E-state index in [4.69, 9.17) is 9.47 Å². The van der Waals surface area contributed by atoms with Crippen LogP contribution in [-0.4, -0.2) is 47.2 Å². The van der Waals surface area contributed by atoms with Crippen molar-refractivity contribution in [1.82, 2.24) is 4.90 Å². The van der Waals surface area contributed by atoms with E-state index in [1.165, 1.54) is 96.3 Å². The number of nitrogens with zero attached hydrogens (tertiary/aromatic N) is 1. The van der Waals surface area contributed by atoms with Crippen LogP contribution in [0.2, 0.25) is 0 Å². The number of esters is 2. The van der Waals surface area contributed by atoms with Gasteiger partial charge in [-0.05, 0) is 77.0 Å². The molecular weight excluding hydrogens is 634 g/mol. The number of ether oxygens (including phenoxy) is 2. The van der Waals surface area contributed by atoms with E-state index in [1.807, 2.05) is 0 Å². The first-order valence-electron chi connectivity index (χ1n) is 22.1. The average molecular weight is 720 g/mol. The maximum absolute atomic E-state index is 12.7. The average Bonchev–Trinajstić information content (AvgIpc) is 3.11. The second kappa shape index (κ2) is 39.2. The van der Waals surface area contributed by atoms with Gasteiger partial charge in [0, 0.05) is 32.1 Å². The van der Waals surface area contributed by atoms with E-state index in [-0.39, 0.29) is 24.1 Å². The Morgan fingerprint density at radius 1 is 0.490 bits per heavy atom. The van der Waals surface area contributed by atoms with Gasteiger partial charge in [-0.3, -0.25) is 9.59 Å². The lowest BCUT2D eigenvalue weighted by Gasteiger charge is -2.19. The zero-order chi connectivity index (χ0) is 37.5. The number of aliphatic hydroxyl groups excluding tert-OH is 1. The number of carbonyl (C=O) groups excluding carboxylic acids is 2. The molecule has 0 aromatic heterocycles. The maximum atomic E-state index is 12.7. The minimum atomic E-state index is -0.0527. The zero-order valence-electron chi connectivity index (χ0n) is 34.3. The molecule has 300 valence electrons. The lowest BCUT2D eigenvalue weighted by atomic mass is 10.0. The van der Waals surface area contributed by atoms with E-state index in [0.29, 0.717) is 12.8 Å². The minimum Gasteiger partial charge on any atom is -0.514 e. The molecule has 0 aliphatic rings. The van der Waals surface area contributed by atoms with E-state index >= 15 is 0 Å². The summed E-state index contributed by atoms with van der Waals surface area (Å²) in [5, 5.41) is 9.38. The molecule has 0 bridgehead atoms. The van der Waals surface area contributed by atoms with Crippen molar-refractivity contribution in [2.45, 2.75) is 239 Å². The largest absolute Gasteiger partial charge is 0.514 e. The molecule has 0 spiro atoms. The van der Waals surface area contributed by atoms with Crippen LogP contribution < -0.4 is 0 Å². The summed E-state index contributed by atoms with van der Waals surface area (Å²) < 4.78 is 11.8. The van der Waals surface area contributed by atoms with Gasteiger partial charge >= 0.3 is 11.9 Å². The highest BCUT2D eigenvalue weighted by Gasteiger charge is 2.15. The number of rotatable bonds is 39. The first kappa shape index (κ1) is 49.0. The molecule has 0 aromatic carbocycles. The van der Waals surface area contributed by atoms with Crippen molar-refractivity contribution in [3.63, 3.8) is 0 Å². The van der Waals surface area contributed by atoms with E-state index < -0.39 is 0 Å². The lowest BCUT2D eigenvalue weighted by molar-refractivity contribution is -0.150. The van der Waals surface area contributed by atoms with Crippen LogP contribution in [0.3, 0.4) is 0 Å². The summed E-state index contributed by atoms with van der Waals surface area (Å²) in [5.74, 6) is -0.101. The SMILES string of the molecule is CCCCCCCCC(CCC)OC(=O)CCCCCN(/C=C/O)CCC/C=C/CCC(=O)OC(CCCCCCCC)CCCCCCCC. The van der Waals surface area contributed by atoms with Crippen molar-refractivity contribution < 1.29 is 24.2 Å². The molecule has 0 radical (unpaired) electrons. The fourth-order valence-electron chi connectivity index (χ4n) is 6.76. The van der Waals surface area contributed by atoms with Crippen LogP contribution in [0.15, 0.2) is 24.6 Å². The highest BCUT2D eigenvalue weighted by atomic mass is 16.5. The second-order valence-electron chi connectivity index (χ2n) is 15.0. The van der Waals surface area contributed by atoms with Gasteiger partial charge in [0.1, 0.15) is 12.2 Å². The van der Waals surface area contributed by atoms with Gasteiger partial charge in [0.25, 0.3) is 0 Å². The summed E-state index contributed by atoms with van der Waals surface area (Å²) in [6, 6.07) is 0. The molecule has 1 atom stereocenters. The standard InChI is InChI=1S/C45H85NO5/c1-5-9-12-15-19-25-33-42(32-8-4)50-44(48)37-29-24-31-39-46(40-41-47)38-30-23-18-22-28-36-45(49)51-43(34-26-20-16-13-10-6-2)35-27-21-17-14-11-7-3/h18,22,40-43,47H,5-17,19-21,23-39H2,1-4H3/b22-18+,41-40+. The van der Waals surface area contributed by atoms with Crippen LogP contribution in [-0.2, 0) is 19.1 Å². The molecule has 0 amide bonds. The van der Waals surface area contributed by atoms with Crippen molar-refractivity contribution in [2.24, 2.45) is 0 Å². The van der Waals surface area contributed by atoms with E-state index in [0.717, 1.165) is 109 Å². The number of unbranched alkanes of at least 4 members (excludes halogenated alkanes) is 18. The molecule has 0 aliphatic heterocycles. The van der Waals surface area contributed by atoms with E-state index in [1.54, 1.807) is 6.20 Å². The van der Waals surface area contributed by atoms with Gasteiger partial charge in [0.05, 0.1) is 6.26 Å². The van der Waals surface area contributed by atoms with Crippen LogP contribution in [0.25, 0.3) is 0 Å². The van der Waals surface area contributed by atoms with Gasteiger partial charge in [-0.25, -0.2) is 0 Å². The van der Waals surface area contributed by atoms with Crippen LogP contribution in [0.4, 0.5) is 0 Å². The number of allylic oxidation sites excluding steroid dienone is 2. The molecule has 0 heterocycles. The topological polar surface area (TPSA) is 76.1 Å². The van der Waals surface area contributed by atoms with Gasteiger partial charge < -0.3 is 19.5 Å². The van der Waals surface area contributed by atoms with Crippen molar-refractivity contribution >= 4 is 11.9 Å². The molecule has 1 N–H and O–H groups in total. The van der Waals surface area contributed by atoms with Crippen LogP contribution >= 0.6 is 0 Å².